The molecule has 0 aliphatic heterocycles. The molecule has 0 radical (unpaired) electrons. The van der Waals surface area contributed by atoms with Crippen molar-refractivity contribution in [3.63, 3.8) is 0 Å². The molecule has 1 aromatic carbocycles. The molecule has 1 aromatic rings. The summed E-state index contributed by atoms with van der Waals surface area (Å²) in [5.74, 6) is 1.32. The van der Waals surface area contributed by atoms with Gasteiger partial charge in [-0.25, -0.2) is 4.79 Å². The summed E-state index contributed by atoms with van der Waals surface area (Å²) in [5, 5.41) is 0. The minimum atomic E-state index is -0.659. The van der Waals surface area contributed by atoms with Gasteiger partial charge >= 0.3 is 6.16 Å². The first kappa shape index (κ1) is 15.2. The summed E-state index contributed by atoms with van der Waals surface area (Å²) in [5.41, 5.74) is 1.94. The average molecular weight is 292 g/mol. The van der Waals surface area contributed by atoms with E-state index < -0.39 is 6.16 Å². The zero-order chi connectivity index (χ0) is 15.2. The molecule has 1 unspecified atom stereocenters. The summed E-state index contributed by atoms with van der Waals surface area (Å²) in [6.07, 6.45) is 3.88. The summed E-state index contributed by atoms with van der Waals surface area (Å²) in [4.78, 5) is 11.4. The minimum absolute atomic E-state index is 0.288. The van der Waals surface area contributed by atoms with Gasteiger partial charge in [0.2, 0.25) is 0 Å². The Balaban J connectivity index is 2.29. The second kappa shape index (κ2) is 7.02. The van der Waals surface area contributed by atoms with E-state index >= 15 is 0 Å². The van der Waals surface area contributed by atoms with Crippen LogP contribution in [0.2, 0.25) is 0 Å². The molecule has 0 saturated carbocycles. The van der Waals surface area contributed by atoms with Gasteiger partial charge in [0.15, 0.2) is 11.5 Å². The fourth-order valence-electron chi connectivity index (χ4n) is 2.45. The molecular weight excluding hydrogens is 272 g/mol. The first-order valence-electron chi connectivity index (χ1n) is 6.86. The zero-order valence-electron chi connectivity index (χ0n) is 12.5. The second-order valence-corrected chi connectivity index (χ2v) is 4.72. The van der Waals surface area contributed by atoms with Gasteiger partial charge in [0.05, 0.1) is 21.3 Å². The van der Waals surface area contributed by atoms with Crippen LogP contribution in [0.5, 0.6) is 11.5 Å². The molecule has 1 aliphatic carbocycles. The lowest BCUT2D eigenvalue weighted by molar-refractivity contribution is 0.0514. The molecule has 114 valence electrons. The monoisotopic (exact) mass is 292 g/mol. The first-order valence-corrected chi connectivity index (χ1v) is 6.86. The Morgan fingerprint density at radius 3 is 2.57 bits per heavy atom. The molecule has 1 aliphatic rings. The van der Waals surface area contributed by atoms with Crippen molar-refractivity contribution in [2.45, 2.75) is 25.4 Å². The highest BCUT2D eigenvalue weighted by atomic mass is 16.7. The van der Waals surface area contributed by atoms with Crippen molar-refractivity contribution in [3.8, 4) is 11.5 Å². The summed E-state index contributed by atoms with van der Waals surface area (Å²) >= 11 is 0. The molecule has 0 N–H and O–H groups in total. The zero-order valence-corrected chi connectivity index (χ0v) is 12.5. The molecule has 0 amide bonds. The Kier molecular flexibility index (Phi) is 5.09. The Morgan fingerprint density at radius 1 is 1.14 bits per heavy atom. The van der Waals surface area contributed by atoms with Crippen molar-refractivity contribution >= 4 is 11.7 Å². The van der Waals surface area contributed by atoms with Crippen LogP contribution in [0.4, 0.5) is 4.79 Å². The molecule has 5 heteroatoms. The van der Waals surface area contributed by atoms with E-state index in [1.54, 1.807) is 14.2 Å². The van der Waals surface area contributed by atoms with Gasteiger partial charge in [-0.1, -0.05) is 12.1 Å². The van der Waals surface area contributed by atoms with Crippen molar-refractivity contribution in [3.05, 3.63) is 29.8 Å². The van der Waals surface area contributed by atoms with Gasteiger partial charge in [-0.05, 0) is 42.5 Å². The number of rotatable bonds is 4. The Hall–Kier alpha value is -2.17. The number of ether oxygens (including phenoxy) is 4. The van der Waals surface area contributed by atoms with E-state index in [0.29, 0.717) is 11.5 Å². The van der Waals surface area contributed by atoms with Crippen LogP contribution in [-0.2, 0) is 9.47 Å². The maximum absolute atomic E-state index is 11.4. The highest BCUT2D eigenvalue weighted by molar-refractivity contribution is 5.74. The normalized spacial score (nSPS) is 17.7. The van der Waals surface area contributed by atoms with Crippen molar-refractivity contribution in [1.29, 1.82) is 0 Å². The molecule has 1 atom stereocenters. The summed E-state index contributed by atoms with van der Waals surface area (Å²) in [7, 11) is 4.50. The van der Waals surface area contributed by atoms with Crippen LogP contribution < -0.4 is 9.47 Å². The summed E-state index contributed by atoms with van der Waals surface area (Å²) < 4.78 is 20.5. The van der Waals surface area contributed by atoms with Gasteiger partial charge in [-0.3, -0.25) is 0 Å². The lowest BCUT2D eigenvalue weighted by atomic mass is 9.91. The number of allylic oxidation sites excluding steroid dienone is 1. The third-order valence-electron chi connectivity index (χ3n) is 3.50. The highest BCUT2D eigenvalue weighted by Gasteiger charge is 2.24. The molecule has 0 spiro atoms. The van der Waals surface area contributed by atoms with Crippen LogP contribution in [0.25, 0.3) is 5.57 Å². The average Bonchev–Trinajstić information content (AvgIpc) is 2.54. The van der Waals surface area contributed by atoms with Crippen LogP contribution in [0.15, 0.2) is 24.3 Å². The molecular formula is C16H20O5. The smallest absolute Gasteiger partial charge is 0.493 e. The van der Waals surface area contributed by atoms with Gasteiger partial charge in [-0.2, -0.15) is 0 Å². The van der Waals surface area contributed by atoms with E-state index in [9.17, 15) is 4.79 Å². The van der Waals surface area contributed by atoms with Crippen molar-refractivity contribution in [1.82, 2.24) is 0 Å². The SMILES string of the molecule is COC(=O)OC1CCCC=C1c1ccc(OC)c(OC)c1. The molecule has 5 nitrogen and oxygen atoms in total. The fraction of sp³-hybridized carbons (Fsp3) is 0.438. The van der Waals surface area contributed by atoms with Crippen molar-refractivity contribution in [2.75, 3.05) is 21.3 Å². The van der Waals surface area contributed by atoms with E-state index in [0.717, 1.165) is 30.4 Å². The van der Waals surface area contributed by atoms with E-state index in [-0.39, 0.29) is 6.10 Å². The van der Waals surface area contributed by atoms with Crippen LogP contribution in [0.1, 0.15) is 24.8 Å². The molecule has 0 heterocycles. The third kappa shape index (κ3) is 3.48. The second-order valence-electron chi connectivity index (χ2n) is 4.72. The van der Waals surface area contributed by atoms with Crippen LogP contribution >= 0.6 is 0 Å². The Labute approximate surface area is 124 Å². The van der Waals surface area contributed by atoms with Gasteiger partial charge in [0.25, 0.3) is 0 Å². The molecule has 0 bridgehead atoms. The topological polar surface area (TPSA) is 54.0 Å². The van der Waals surface area contributed by atoms with Gasteiger partial charge in [0.1, 0.15) is 6.10 Å². The molecule has 0 aromatic heterocycles. The Bertz CT molecular complexity index is 535. The maximum atomic E-state index is 11.4. The van der Waals surface area contributed by atoms with E-state index in [1.807, 2.05) is 18.2 Å². The van der Waals surface area contributed by atoms with Crippen molar-refractivity contribution in [2.24, 2.45) is 0 Å². The van der Waals surface area contributed by atoms with Gasteiger partial charge < -0.3 is 18.9 Å². The van der Waals surface area contributed by atoms with Gasteiger partial charge in [-0.15, -0.1) is 0 Å². The number of carbonyl (C=O) groups excluding carboxylic acids is 1. The minimum Gasteiger partial charge on any atom is -0.493 e. The molecule has 0 saturated heterocycles. The number of carbonyl (C=O) groups is 1. The quantitative estimate of drug-likeness (QED) is 0.796. The van der Waals surface area contributed by atoms with E-state index in [4.69, 9.17) is 14.2 Å². The maximum Gasteiger partial charge on any atom is 0.508 e. The standard InChI is InChI=1S/C16H20O5/c1-18-14-9-8-11(10-15(14)19-2)12-6-4-5-7-13(12)21-16(17)20-3/h6,8-10,13H,4-5,7H2,1-3H3. The lowest BCUT2D eigenvalue weighted by Crippen LogP contribution is -2.22. The van der Waals surface area contributed by atoms with Crippen LogP contribution in [-0.4, -0.2) is 33.6 Å². The molecule has 0 fully saturated rings. The third-order valence-corrected chi connectivity index (χ3v) is 3.50. The Morgan fingerprint density at radius 2 is 1.90 bits per heavy atom. The van der Waals surface area contributed by atoms with Crippen molar-refractivity contribution < 1.29 is 23.7 Å². The van der Waals surface area contributed by atoms with E-state index in [1.165, 1.54) is 7.11 Å². The number of hydrogen-bond donors (Lipinski definition) is 0. The molecule has 21 heavy (non-hydrogen) atoms. The number of hydrogen-bond acceptors (Lipinski definition) is 5. The largest absolute Gasteiger partial charge is 0.508 e. The van der Waals surface area contributed by atoms with Crippen LogP contribution in [0.3, 0.4) is 0 Å². The fourth-order valence-corrected chi connectivity index (χ4v) is 2.45. The van der Waals surface area contributed by atoms with Gasteiger partial charge in [0, 0.05) is 0 Å². The lowest BCUT2D eigenvalue weighted by Gasteiger charge is -2.24. The van der Waals surface area contributed by atoms with Crippen LogP contribution in [0, 0.1) is 0 Å². The predicted molar refractivity (Wildman–Crippen MR) is 78.7 cm³/mol. The van der Waals surface area contributed by atoms with E-state index in [2.05, 4.69) is 10.8 Å². The predicted octanol–water partition coefficient (Wildman–Crippen LogP) is 3.42. The summed E-state index contributed by atoms with van der Waals surface area (Å²) in [6, 6.07) is 5.68. The summed E-state index contributed by atoms with van der Waals surface area (Å²) in [6.45, 7) is 0. The molecule has 2 rings (SSSR count). The first-order chi connectivity index (χ1) is 10.2. The highest BCUT2D eigenvalue weighted by Crippen LogP contribution is 2.35. The number of benzene rings is 1. The number of methoxy groups -OCH3 is 3.